The largest absolute Gasteiger partial charge is 0.314 e. The van der Waals surface area contributed by atoms with Crippen LogP contribution in [-0.4, -0.2) is 16.8 Å². The van der Waals surface area contributed by atoms with Crippen LogP contribution in [0.2, 0.25) is 0 Å². The van der Waals surface area contributed by atoms with E-state index in [1.807, 2.05) is 24.0 Å². The van der Waals surface area contributed by atoms with Crippen molar-refractivity contribution in [1.29, 1.82) is 0 Å². The number of hydrogen-bond donors (Lipinski definition) is 1. The van der Waals surface area contributed by atoms with Crippen molar-refractivity contribution in [2.75, 3.05) is 7.05 Å². The summed E-state index contributed by atoms with van der Waals surface area (Å²) in [5, 5.41) is 9.61. The summed E-state index contributed by atoms with van der Waals surface area (Å²) in [6.45, 7) is 1.71. The molecular weight excluding hydrogens is 194 g/mol. The highest BCUT2D eigenvalue weighted by Crippen LogP contribution is 2.10. The molecule has 1 N–H and O–H groups in total. The van der Waals surface area contributed by atoms with Crippen molar-refractivity contribution < 1.29 is 0 Å². The van der Waals surface area contributed by atoms with Gasteiger partial charge in [-0.1, -0.05) is 6.07 Å². The van der Waals surface area contributed by atoms with E-state index in [1.54, 1.807) is 11.3 Å². The molecule has 0 aliphatic carbocycles. The Morgan fingerprint density at radius 2 is 2.43 bits per heavy atom. The zero-order valence-electron chi connectivity index (χ0n) is 8.10. The summed E-state index contributed by atoms with van der Waals surface area (Å²) in [5.74, 6) is 0. The van der Waals surface area contributed by atoms with Gasteiger partial charge in [-0.3, -0.25) is 4.68 Å². The topological polar surface area (TPSA) is 29.9 Å². The molecule has 0 saturated heterocycles. The minimum atomic E-state index is 0.831. The standard InChI is InChI=1S/C10H13N3S/c1-11-7-9-4-5-13(12-9)8-10-3-2-6-14-10/h2-6,11H,7-8H2,1H3. The quantitative estimate of drug-likeness (QED) is 0.827. The summed E-state index contributed by atoms with van der Waals surface area (Å²) in [5.41, 5.74) is 1.09. The van der Waals surface area contributed by atoms with Crippen molar-refractivity contribution in [2.45, 2.75) is 13.1 Å². The highest BCUT2D eigenvalue weighted by Gasteiger charge is 1.99. The maximum Gasteiger partial charge on any atom is 0.0762 e. The first-order chi connectivity index (χ1) is 6.88. The van der Waals surface area contributed by atoms with Crippen molar-refractivity contribution in [3.05, 3.63) is 40.3 Å². The van der Waals surface area contributed by atoms with Gasteiger partial charge >= 0.3 is 0 Å². The SMILES string of the molecule is CNCc1ccn(Cc2cccs2)n1. The van der Waals surface area contributed by atoms with Crippen LogP contribution in [0.4, 0.5) is 0 Å². The molecule has 0 aromatic carbocycles. The molecule has 0 radical (unpaired) electrons. The van der Waals surface area contributed by atoms with Crippen LogP contribution in [0, 0.1) is 0 Å². The van der Waals surface area contributed by atoms with Crippen molar-refractivity contribution in [3.8, 4) is 0 Å². The average molecular weight is 207 g/mol. The van der Waals surface area contributed by atoms with Gasteiger partial charge in [0.2, 0.25) is 0 Å². The molecule has 0 bridgehead atoms. The molecule has 0 aliphatic rings. The third-order valence-corrected chi connectivity index (χ3v) is 2.81. The third-order valence-electron chi connectivity index (χ3n) is 1.95. The maximum atomic E-state index is 4.44. The molecule has 74 valence electrons. The van der Waals surface area contributed by atoms with Gasteiger partial charge in [-0.25, -0.2) is 0 Å². The lowest BCUT2D eigenvalue weighted by Crippen LogP contribution is -2.07. The number of nitrogens with one attached hydrogen (secondary N) is 1. The zero-order chi connectivity index (χ0) is 9.80. The molecular formula is C10H13N3S. The molecule has 2 aromatic heterocycles. The minimum absolute atomic E-state index is 0.831. The first-order valence-corrected chi connectivity index (χ1v) is 5.46. The van der Waals surface area contributed by atoms with Crippen LogP contribution in [0.5, 0.6) is 0 Å². The lowest BCUT2D eigenvalue weighted by Gasteiger charge is -1.97. The van der Waals surface area contributed by atoms with Gasteiger partial charge in [0.1, 0.15) is 0 Å². The van der Waals surface area contributed by atoms with Crippen molar-refractivity contribution in [1.82, 2.24) is 15.1 Å². The molecule has 0 fully saturated rings. The predicted octanol–water partition coefficient (Wildman–Crippen LogP) is 1.71. The van der Waals surface area contributed by atoms with Crippen LogP contribution in [0.3, 0.4) is 0 Å². The Morgan fingerprint density at radius 1 is 1.50 bits per heavy atom. The second-order valence-electron chi connectivity index (χ2n) is 3.11. The normalized spacial score (nSPS) is 10.6. The summed E-state index contributed by atoms with van der Waals surface area (Å²) in [6.07, 6.45) is 2.02. The fraction of sp³-hybridized carbons (Fsp3) is 0.300. The number of aromatic nitrogens is 2. The van der Waals surface area contributed by atoms with Gasteiger partial charge in [0.15, 0.2) is 0 Å². The number of rotatable bonds is 4. The monoisotopic (exact) mass is 207 g/mol. The van der Waals surface area contributed by atoms with Gasteiger partial charge in [-0.2, -0.15) is 5.10 Å². The fourth-order valence-corrected chi connectivity index (χ4v) is 2.03. The Balaban J connectivity index is 2.03. The van der Waals surface area contributed by atoms with E-state index in [0.29, 0.717) is 0 Å². The van der Waals surface area contributed by atoms with Gasteiger partial charge in [0.25, 0.3) is 0 Å². The van der Waals surface area contributed by atoms with Crippen molar-refractivity contribution >= 4 is 11.3 Å². The van der Waals surface area contributed by atoms with Gasteiger partial charge < -0.3 is 5.32 Å². The van der Waals surface area contributed by atoms with E-state index in [9.17, 15) is 0 Å². The molecule has 0 amide bonds. The molecule has 0 atom stereocenters. The maximum absolute atomic E-state index is 4.44. The Kier molecular flexibility index (Phi) is 2.96. The van der Waals surface area contributed by atoms with E-state index < -0.39 is 0 Å². The molecule has 0 unspecified atom stereocenters. The molecule has 3 nitrogen and oxygen atoms in total. The summed E-state index contributed by atoms with van der Waals surface area (Å²) in [6, 6.07) is 6.24. The minimum Gasteiger partial charge on any atom is -0.314 e. The van der Waals surface area contributed by atoms with Crippen LogP contribution in [0.1, 0.15) is 10.6 Å². The van der Waals surface area contributed by atoms with E-state index in [4.69, 9.17) is 0 Å². The van der Waals surface area contributed by atoms with Crippen LogP contribution in [0.15, 0.2) is 29.8 Å². The number of thiophene rings is 1. The lowest BCUT2D eigenvalue weighted by atomic mass is 10.4. The number of nitrogens with zero attached hydrogens (tertiary/aromatic N) is 2. The molecule has 0 spiro atoms. The molecule has 4 heteroatoms. The van der Waals surface area contributed by atoms with Gasteiger partial charge in [-0.05, 0) is 24.6 Å². The van der Waals surface area contributed by atoms with E-state index >= 15 is 0 Å². The summed E-state index contributed by atoms with van der Waals surface area (Å²) >= 11 is 1.76. The Bertz CT molecular complexity index is 378. The van der Waals surface area contributed by atoms with Crippen molar-refractivity contribution in [3.63, 3.8) is 0 Å². The highest BCUT2D eigenvalue weighted by molar-refractivity contribution is 7.09. The lowest BCUT2D eigenvalue weighted by molar-refractivity contribution is 0.664. The highest BCUT2D eigenvalue weighted by atomic mass is 32.1. The Morgan fingerprint density at radius 3 is 3.14 bits per heavy atom. The zero-order valence-corrected chi connectivity index (χ0v) is 8.92. The molecule has 14 heavy (non-hydrogen) atoms. The van der Waals surface area contributed by atoms with Crippen LogP contribution in [0.25, 0.3) is 0 Å². The summed E-state index contributed by atoms with van der Waals surface area (Å²) in [4.78, 5) is 1.34. The second kappa shape index (κ2) is 4.39. The van der Waals surface area contributed by atoms with Gasteiger partial charge in [-0.15, -0.1) is 11.3 Å². The Labute approximate surface area is 87.4 Å². The first kappa shape index (κ1) is 9.43. The summed E-state index contributed by atoms with van der Waals surface area (Å²) in [7, 11) is 1.93. The van der Waals surface area contributed by atoms with Crippen molar-refractivity contribution in [2.24, 2.45) is 0 Å². The molecule has 2 aromatic rings. The molecule has 2 heterocycles. The first-order valence-electron chi connectivity index (χ1n) is 4.58. The number of hydrogen-bond acceptors (Lipinski definition) is 3. The molecule has 0 saturated carbocycles. The van der Waals surface area contributed by atoms with E-state index in [2.05, 4.69) is 27.9 Å². The predicted molar refractivity (Wildman–Crippen MR) is 58.4 cm³/mol. The van der Waals surface area contributed by atoms with E-state index in [0.717, 1.165) is 18.8 Å². The second-order valence-corrected chi connectivity index (χ2v) is 4.15. The smallest absolute Gasteiger partial charge is 0.0762 e. The molecule has 0 aliphatic heterocycles. The van der Waals surface area contributed by atoms with Gasteiger partial charge in [0, 0.05) is 17.6 Å². The average Bonchev–Trinajstić information content (AvgIpc) is 2.79. The van der Waals surface area contributed by atoms with Crippen LogP contribution in [-0.2, 0) is 13.1 Å². The fourth-order valence-electron chi connectivity index (χ4n) is 1.33. The Hall–Kier alpha value is -1.13. The van der Waals surface area contributed by atoms with E-state index in [1.165, 1.54) is 4.88 Å². The van der Waals surface area contributed by atoms with Crippen LogP contribution < -0.4 is 5.32 Å². The summed E-state index contributed by atoms with van der Waals surface area (Å²) < 4.78 is 1.97. The van der Waals surface area contributed by atoms with Crippen LogP contribution >= 0.6 is 11.3 Å². The molecule has 2 rings (SSSR count). The van der Waals surface area contributed by atoms with E-state index in [-0.39, 0.29) is 0 Å². The van der Waals surface area contributed by atoms with Gasteiger partial charge in [0.05, 0.1) is 12.2 Å². The third kappa shape index (κ3) is 2.21.